The fraction of sp³-hybridized carbons (Fsp3) is 0.143. The van der Waals surface area contributed by atoms with Gasteiger partial charge in [0.1, 0.15) is 12.4 Å². The fourth-order valence-electron chi connectivity index (χ4n) is 2.43. The van der Waals surface area contributed by atoms with Crippen molar-refractivity contribution in [1.29, 1.82) is 0 Å². The van der Waals surface area contributed by atoms with Crippen molar-refractivity contribution in [3.63, 3.8) is 0 Å². The first-order valence-corrected chi connectivity index (χ1v) is 9.30. The largest absolute Gasteiger partial charge is 0.487 e. The molecule has 0 spiro atoms. The number of halogens is 3. The molecule has 0 aliphatic carbocycles. The highest BCUT2D eigenvalue weighted by atomic mass is 35.5. The standard InChI is InChI=1S/C21H18Cl3NO/c1-14-2-4-15(5-3-14)13-26-21-9-6-16(10-20(21)24)12-25-17-7-8-18(22)19(23)11-17/h2-11,25H,12-13H2,1H3. The van der Waals surface area contributed by atoms with Gasteiger partial charge in [-0.2, -0.15) is 0 Å². The first kappa shape index (κ1) is 18.9. The second kappa shape index (κ2) is 8.68. The highest BCUT2D eigenvalue weighted by Gasteiger charge is 2.05. The molecule has 5 heteroatoms. The molecule has 1 N–H and O–H groups in total. The third kappa shape index (κ3) is 5.07. The Morgan fingerprint density at radius 3 is 2.19 bits per heavy atom. The van der Waals surface area contributed by atoms with Crippen LogP contribution in [0.5, 0.6) is 5.75 Å². The van der Waals surface area contributed by atoms with Crippen molar-refractivity contribution in [2.45, 2.75) is 20.1 Å². The summed E-state index contributed by atoms with van der Waals surface area (Å²) < 4.78 is 5.82. The molecule has 0 heterocycles. The number of nitrogens with one attached hydrogen (secondary N) is 1. The minimum atomic E-state index is 0.487. The highest BCUT2D eigenvalue weighted by molar-refractivity contribution is 6.42. The predicted octanol–water partition coefficient (Wildman–Crippen LogP) is 7.15. The van der Waals surface area contributed by atoms with E-state index in [-0.39, 0.29) is 0 Å². The lowest BCUT2D eigenvalue weighted by Crippen LogP contribution is -2.00. The van der Waals surface area contributed by atoms with Crippen molar-refractivity contribution >= 4 is 40.5 Å². The summed E-state index contributed by atoms with van der Waals surface area (Å²) in [5.74, 6) is 0.672. The Hall–Kier alpha value is -1.87. The maximum atomic E-state index is 6.36. The summed E-state index contributed by atoms with van der Waals surface area (Å²) in [5.41, 5.74) is 4.28. The Morgan fingerprint density at radius 1 is 0.769 bits per heavy atom. The molecule has 26 heavy (non-hydrogen) atoms. The number of anilines is 1. The molecular weight excluding hydrogens is 389 g/mol. The van der Waals surface area contributed by atoms with Crippen LogP contribution in [0.4, 0.5) is 5.69 Å². The van der Waals surface area contributed by atoms with E-state index in [0.29, 0.717) is 34.0 Å². The zero-order chi connectivity index (χ0) is 18.5. The van der Waals surface area contributed by atoms with E-state index in [9.17, 15) is 0 Å². The van der Waals surface area contributed by atoms with Gasteiger partial charge in [0, 0.05) is 12.2 Å². The SMILES string of the molecule is Cc1ccc(COc2ccc(CNc3ccc(Cl)c(Cl)c3)cc2Cl)cc1. The van der Waals surface area contributed by atoms with E-state index in [0.717, 1.165) is 16.8 Å². The smallest absolute Gasteiger partial charge is 0.138 e. The minimum Gasteiger partial charge on any atom is -0.487 e. The third-order valence-electron chi connectivity index (χ3n) is 3.93. The Morgan fingerprint density at radius 2 is 1.50 bits per heavy atom. The minimum absolute atomic E-state index is 0.487. The lowest BCUT2D eigenvalue weighted by atomic mass is 10.2. The maximum Gasteiger partial charge on any atom is 0.138 e. The normalized spacial score (nSPS) is 10.6. The predicted molar refractivity (Wildman–Crippen MR) is 111 cm³/mol. The molecule has 3 aromatic carbocycles. The summed E-state index contributed by atoms with van der Waals surface area (Å²) in [4.78, 5) is 0. The van der Waals surface area contributed by atoms with E-state index in [1.54, 1.807) is 12.1 Å². The molecule has 3 aromatic rings. The van der Waals surface area contributed by atoms with Gasteiger partial charge in [0.25, 0.3) is 0 Å². The van der Waals surface area contributed by atoms with Crippen molar-refractivity contribution in [2.75, 3.05) is 5.32 Å². The lowest BCUT2D eigenvalue weighted by molar-refractivity contribution is 0.306. The lowest BCUT2D eigenvalue weighted by Gasteiger charge is -2.11. The Balaban J connectivity index is 1.59. The van der Waals surface area contributed by atoms with E-state index in [1.165, 1.54) is 5.56 Å². The molecule has 0 amide bonds. The second-order valence-corrected chi connectivity index (χ2v) is 7.24. The molecule has 3 rings (SSSR count). The van der Waals surface area contributed by atoms with Crippen molar-refractivity contribution in [1.82, 2.24) is 0 Å². The van der Waals surface area contributed by atoms with Crippen LogP contribution in [-0.2, 0) is 13.2 Å². The fourth-order valence-corrected chi connectivity index (χ4v) is 2.98. The number of rotatable bonds is 6. The summed E-state index contributed by atoms with van der Waals surface area (Å²) in [5, 5.41) is 4.94. The van der Waals surface area contributed by atoms with E-state index in [4.69, 9.17) is 39.5 Å². The molecule has 0 aromatic heterocycles. The van der Waals surface area contributed by atoms with Gasteiger partial charge in [-0.1, -0.05) is 70.7 Å². The first-order chi connectivity index (χ1) is 12.5. The molecule has 0 aliphatic heterocycles. The molecule has 134 valence electrons. The summed E-state index contributed by atoms with van der Waals surface area (Å²) in [6.45, 7) is 3.17. The number of aryl methyl sites for hydroxylation is 1. The summed E-state index contributed by atoms with van der Waals surface area (Å²) >= 11 is 18.3. The molecule has 0 aliphatic rings. The molecule has 2 nitrogen and oxygen atoms in total. The number of hydrogen-bond donors (Lipinski definition) is 1. The van der Waals surface area contributed by atoms with Crippen molar-refractivity contribution < 1.29 is 4.74 Å². The number of benzene rings is 3. The highest BCUT2D eigenvalue weighted by Crippen LogP contribution is 2.28. The third-order valence-corrected chi connectivity index (χ3v) is 4.96. The van der Waals surface area contributed by atoms with E-state index < -0.39 is 0 Å². The van der Waals surface area contributed by atoms with Crippen LogP contribution in [0.25, 0.3) is 0 Å². The molecule has 0 atom stereocenters. The van der Waals surface area contributed by atoms with E-state index in [2.05, 4.69) is 36.5 Å². The van der Waals surface area contributed by atoms with Gasteiger partial charge >= 0.3 is 0 Å². The monoisotopic (exact) mass is 405 g/mol. The van der Waals surface area contributed by atoms with Gasteiger partial charge in [0.15, 0.2) is 0 Å². The maximum absolute atomic E-state index is 6.36. The van der Waals surface area contributed by atoms with E-state index >= 15 is 0 Å². The van der Waals surface area contributed by atoms with Crippen LogP contribution in [0.2, 0.25) is 15.1 Å². The van der Waals surface area contributed by atoms with Gasteiger partial charge in [-0.05, 0) is 48.4 Å². The molecule has 0 unspecified atom stereocenters. The topological polar surface area (TPSA) is 21.3 Å². The zero-order valence-electron chi connectivity index (χ0n) is 14.2. The van der Waals surface area contributed by atoms with Gasteiger partial charge in [-0.15, -0.1) is 0 Å². The van der Waals surface area contributed by atoms with Crippen LogP contribution in [0.3, 0.4) is 0 Å². The van der Waals surface area contributed by atoms with Gasteiger partial charge in [-0.3, -0.25) is 0 Å². The van der Waals surface area contributed by atoms with Crippen LogP contribution in [0, 0.1) is 6.92 Å². The number of hydrogen-bond acceptors (Lipinski definition) is 2. The quantitative estimate of drug-likeness (QED) is 0.469. The van der Waals surface area contributed by atoms with Crippen molar-refractivity contribution in [3.05, 3.63) is 92.4 Å². The molecule has 0 radical (unpaired) electrons. The van der Waals surface area contributed by atoms with Crippen LogP contribution in [0.1, 0.15) is 16.7 Å². The molecule has 0 saturated heterocycles. The molecule has 0 bridgehead atoms. The Kier molecular flexibility index (Phi) is 6.31. The molecular formula is C21H18Cl3NO. The molecule has 0 saturated carbocycles. The number of ether oxygens (including phenoxy) is 1. The average molecular weight is 407 g/mol. The van der Waals surface area contributed by atoms with Crippen LogP contribution >= 0.6 is 34.8 Å². The van der Waals surface area contributed by atoms with Gasteiger partial charge in [0.05, 0.1) is 15.1 Å². The van der Waals surface area contributed by atoms with Crippen LogP contribution in [0.15, 0.2) is 60.7 Å². The average Bonchev–Trinajstić information content (AvgIpc) is 2.63. The van der Waals surface area contributed by atoms with Crippen molar-refractivity contribution in [2.24, 2.45) is 0 Å². The van der Waals surface area contributed by atoms with Crippen molar-refractivity contribution in [3.8, 4) is 5.75 Å². The zero-order valence-corrected chi connectivity index (χ0v) is 16.5. The van der Waals surface area contributed by atoms with Crippen LogP contribution in [-0.4, -0.2) is 0 Å². The first-order valence-electron chi connectivity index (χ1n) is 8.17. The second-order valence-electron chi connectivity index (χ2n) is 6.02. The van der Waals surface area contributed by atoms with Gasteiger partial charge in [-0.25, -0.2) is 0 Å². The van der Waals surface area contributed by atoms with Gasteiger partial charge in [0.2, 0.25) is 0 Å². The van der Waals surface area contributed by atoms with Crippen LogP contribution < -0.4 is 10.1 Å². The van der Waals surface area contributed by atoms with Gasteiger partial charge < -0.3 is 10.1 Å². The summed E-state index contributed by atoms with van der Waals surface area (Å²) in [7, 11) is 0. The summed E-state index contributed by atoms with van der Waals surface area (Å²) in [6, 6.07) is 19.5. The summed E-state index contributed by atoms with van der Waals surface area (Å²) in [6.07, 6.45) is 0. The Labute approximate surface area is 168 Å². The molecule has 0 fully saturated rings. The Bertz CT molecular complexity index is 894. The van der Waals surface area contributed by atoms with E-state index in [1.807, 2.05) is 24.3 Å².